The van der Waals surface area contributed by atoms with Crippen molar-refractivity contribution in [1.29, 1.82) is 0 Å². The zero-order chi connectivity index (χ0) is 14.8. The third-order valence-electron chi connectivity index (χ3n) is 4.04. The summed E-state index contributed by atoms with van der Waals surface area (Å²) in [5.41, 5.74) is 6.07. The van der Waals surface area contributed by atoms with Gasteiger partial charge in [-0.3, -0.25) is 0 Å². The summed E-state index contributed by atoms with van der Waals surface area (Å²) in [7, 11) is 0. The largest absolute Gasteiger partial charge is 0.489 e. The first-order valence-electron chi connectivity index (χ1n) is 7.48. The van der Waals surface area contributed by atoms with Gasteiger partial charge in [-0.1, -0.05) is 72.8 Å². The van der Waals surface area contributed by atoms with E-state index in [1.807, 2.05) is 18.2 Å². The average molecular weight is 284 g/mol. The smallest absolute Gasteiger partial charge is 0.149 e. The summed E-state index contributed by atoms with van der Waals surface area (Å²) in [5, 5.41) is 0. The molecule has 1 heteroatoms. The molecule has 106 valence electrons. The van der Waals surface area contributed by atoms with Crippen LogP contribution in [0.1, 0.15) is 22.8 Å². The summed E-state index contributed by atoms with van der Waals surface area (Å²) in [6, 6.07) is 27.4. The van der Waals surface area contributed by atoms with Gasteiger partial charge < -0.3 is 4.74 Å². The Morgan fingerprint density at radius 1 is 0.682 bits per heavy atom. The van der Waals surface area contributed by atoms with Gasteiger partial charge in [0.05, 0.1) is 6.26 Å². The van der Waals surface area contributed by atoms with Crippen molar-refractivity contribution in [2.24, 2.45) is 0 Å². The Bertz CT molecular complexity index is 804. The molecule has 0 spiro atoms. The fourth-order valence-electron chi connectivity index (χ4n) is 2.91. The van der Waals surface area contributed by atoms with Gasteiger partial charge in [-0.05, 0) is 34.4 Å². The van der Waals surface area contributed by atoms with Crippen LogP contribution in [0, 0.1) is 0 Å². The van der Waals surface area contributed by atoms with Crippen molar-refractivity contribution >= 4 is 6.08 Å². The molecule has 0 aliphatic carbocycles. The van der Waals surface area contributed by atoms with Crippen molar-refractivity contribution in [1.82, 2.24) is 0 Å². The molecule has 0 saturated heterocycles. The average Bonchev–Trinajstić information content (AvgIpc) is 2.62. The SMILES string of the molecule is C1=Cc2ccc(-c3ccccc3)cc2[C@H](c2ccccc2)O1. The van der Waals surface area contributed by atoms with Crippen molar-refractivity contribution in [3.63, 3.8) is 0 Å². The molecular weight excluding hydrogens is 268 g/mol. The number of benzene rings is 3. The molecule has 1 nitrogen and oxygen atoms in total. The summed E-state index contributed by atoms with van der Waals surface area (Å²) < 4.78 is 5.90. The number of rotatable bonds is 2. The normalized spacial score (nSPS) is 15.9. The highest BCUT2D eigenvalue weighted by Gasteiger charge is 2.20. The van der Waals surface area contributed by atoms with Gasteiger partial charge in [0.25, 0.3) is 0 Å². The van der Waals surface area contributed by atoms with Crippen molar-refractivity contribution < 1.29 is 4.74 Å². The van der Waals surface area contributed by atoms with Crippen molar-refractivity contribution in [2.75, 3.05) is 0 Å². The van der Waals surface area contributed by atoms with E-state index in [4.69, 9.17) is 4.74 Å². The predicted molar refractivity (Wildman–Crippen MR) is 90.3 cm³/mol. The highest BCUT2D eigenvalue weighted by Crippen LogP contribution is 2.35. The second kappa shape index (κ2) is 5.53. The molecule has 4 rings (SSSR count). The van der Waals surface area contributed by atoms with E-state index >= 15 is 0 Å². The second-order valence-electron chi connectivity index (χ2n) is 5.44. The van der Waals surface area contributed by atoms with Crippen LogP contribution in [-0.4, -0.2) is 0 Å². The Balaban J connectivity index is 1.82. The zero-order valence-corrected chi connectivity index (χ0v) is 12.1. The molecule has 1 heterocycles. The first-order chi connectivity index (χ1) is 10.9. The van der Waals surface area contributed by atoms with Gasteiger partial charge in [-0.15, -0.1) is 0 Å². The number of ether oxygens (including phenoxy) is 1. The predicted octanol–water partition coefficient (Wildman–Crippen LogP) is 5.44. The maximum Gasteiger partial charge on any atom is 0.149 e. The minimum atomic E-state index is -0.0372. The maximum atomic E-state index is 5.90. The van der Waals surface area contributed by atoms with E-state index in [0.29, 0.717) is 0 Å². The lowest BCUT2D eigenvalue weighted by Gasteiger charge is -2.24. The van der Waals surface area contributed by atoms with E-state index < -0.39 is 0 Å². The monoisotopic (exact) mass is 284 g/mol. The van der Waals surface area contributed by atoms with Gasteiger partial charge in [-0.25, -0.2) is 0 Å². The minimum Gasteiger partial charge on any atom is -0.489 e. The van der Waals surface area contributed by atoms with E-state index in [1.165, 1.54) is 27.8 Å². The molecule has 3 aromatic carbocycles. The van der Waals surface area contributed by atoms with Crippen molar-refractivity contribution in [3.05, 3.63) is 102 Å². The third-order valence-corrected chi connectivity index (χ3v) is 4.04. The number of fused-ring (bicyclic) bond motifs is 1. The van der Waals surface area contributed by atoms with Crippen LogP contribution in [0.2, 0.25) is 0 Å². The molecule has 0 fully saturated rings. The van der Waals surface area contributed by atoms with E-state index in [9.17, 15) is 0 Å². The molecule has 0 radical (unpaired) electrons. The molecule has 22 heavy (non-hydrogen) atoms. The van der Waals surface area contributed by atoms with Crippen LogP contribution in [0.5, 0.6) is 0 Å². The van der Waals surface area contributed by atoms with Crippen LogP contribution < -0.4 is 0 Å². The summed E-state index contributed by atoms with van der Waals surface area (Å²) in [6.45, 7) is 0. The van der Waals surface area contributed by atoms with E-state index in [1.54, 1.807) is 6.26 Å². The van der Waals surface area contributed by atoms with Gasteiger partial charge in [0.2, 0.25) is 0 Å². The molecule has 1 aliphatic heterocycles. The van der Waals surface area contributed by atoms with Crippen LogP contribution in [0.4, 0.5) is 0 Å². The summed E-state index contributed by atoms with van der Waals surface area (Å²) in [4.78, 5) is 0. The quantitative estimate of drug-likeness (QED) is 0.608. The van der Waals surface area contributed by atoms with Gasteiger partial charge in [0.1, 0.15) is 6.10 Å². The zero-order valence-electron chi connectivity index (χ0n) is 12.1. The van der Waals surface area contributed by atoms with Crippen LogP contribution in [-0.2, 0) is 4.74 Å². The van der Waals surface area contributed by atoms with Crippen LogP contribution in [0.25, 0.3) is 17.2 Å². The Morgan fingerprint density at radius 2 is 1.41 bits per heavy atom. The van der Waals surface area contributed by atoms with Crippen LogP contribution in [0.15, 0.2) is 85.1 Å². The first kappa shape index (κ1) is 12.9. The van der Waals surface area contributed by atoms with E-state index in [0.717, 1.165) is 0 Å². The summed E-state index contributed by atoms with van der Waals surface area (Å²) in [6.07, 6.45) is 3.79. The fraction of sp³-hybridized carbons (Fsp3) is 0.0476. The Morgan fingerprint density at radius 3 is 2.18 bits per heavy atom. The lowest BCUT2D eigenvalue weighted by Crippen LogP contribution is -2.08. The first-order valence-corrected chi connectivity index (χ1v) is 7.48. The molecule has 1 aliphatic rings. The highest BCUT2D eigenvalue weighted by atomic mass is 16.5. The molecule has 0 unspecified atom stereocenters. The molecule has 0 bridgehead atoms. The number of hydrogen-bond donors (Lipinski definition) is 0. The van der Waals surface area contributed by atoms with Crippen LogP contribution in [0.3, 0.4) is 0 Å². The van der Waals surface area contributed by atoms with Gasteiger partial charge in [0.15, 0.2) is 0 Å². The van der Waals surface area contributed by atoms with E-state index in [-0.39, 0.29) is 6.10 Å². The van der Waals surface area contributed by atoms with Crippen molar-refractivity contribution in [3.8, 4) is 11.1 Å². The molecule has 1 atom stereocenters. The molecule has 0 saturated carbocycles. The minimum absolute atomic E-state index is 0.0372. The van der Waals surface area contributed by atoms with Crippen LogP contribution >= 0.6 is 0 Å². The molecule has 0 amide bonds. The topological polar surface area (TPSA) is 9.23 Å². The van der Waals surface area contributed by atoms with Gasteiger partial charge >= 0.3 is 0 Å². The molecular formula is C21H16O. The summed E-state index contributed by atoms with van der Waals surface area (Å²) in [5.74, 6) is 0. The lowest BCUT2D eigenvalue weighted by molar-refractivity contribution is 0.181. The van der Waals surface area contributed by atoms with Gasteiger partial charge in [-0.2, -0.15) is 0 Å². The number of hydrogen-bond acceptors (Lipinski definition) is 1. The Kier molecular flexibility index (Phi) is 3.24. The second-order valence-corrected chi connectivity index (χ2v) is 5.44. The Hall–Kier alpha value is -2.80. The van der Waals surface area contributed by atoms with Crippen molar-refractivity contribution in [2.45, 2.75) is 6.10 Å². The molecule has 3 aromatic rings. The highest BCUT2D eigenvalue weighted by molar-refractivity contribution is 5.69. The summed E-state index contributed by atoms with van der Waals surface area (Å²) >= 11 is 0. The molecule has 0 aromatic heterocycles. The fourth-order valence-corrected chi connectivity index (χ4v) is 2.91. The third kappa shape index (κ3) is 2.31. The maximum absolute atomic E-state index is 5.90. The van der Waals surface area contributed by atoms with Gasteiger partial charge in [0, 0.05) is 5.56 Å². The Labute approximate surface area is 130 Å². The lowest BCUT2D eigenvalue weighted by atomic mass is 9.92. The standard InChI is InChI=1S/C21H16O/c1-3-7-16(8-4-1)19-12-11-17-13-14-22-21(20(17)15-19)18-9-5-2-6-10-18/h1-15,21H/t21-/m0/s1. The molecule has 0 N–H and O–H groups in total. The van der Waals surface area contributed by atoms with E-state index in [2.05, 4.69) is 66.7 Å².